The van der Waals surface area contributed by atoms with Crippen LogP contribution in [0.1, 0.15) is 17.7 Å². The zero-order chi connectivity index (χ0) is 33.3. The number of sulfonamides is 1. The van der Waals surface area contributed by atoms with E-state index in [4.69, 9.17) is 14.2 Å². The molecule has 2 heterocycles. The molecule has 0 bridgehead atoms. The van der Waals surface area contributed by atoms with E-state index in [1.807, 2.05) is 0 Å². The third-order valence-corrected chi connectivity index (χ3v) is 11.4. The minimum atomic E-state index is -4.74. The highest BCUT2D eigenvalue weighted by molar-refractivity contribution is 7.96. The molecule has 2 atom stereocenters. The van der Waals surface area contributed by atoms with Crippen LogP contribution in [0.4, 0.5) is 10.3 Å². The van der Waals surface area contributed by atoms with Crippen LogP contribution in [-0.2, 0) is 29.7 Å². The number of methoxy groups -OCH3 is 3. The molecule has 0 fully saturated rings. The molecule has 0 amide bonds. The second-order valence-corrected chi connectivity index (χ2v) is 16.0. The van der Waals surface area contributed by atoms with Gasteiger partial charge in [0.05, 0.1) is 31.5 Å². The summed E-state index contributed by atoms with van der Waals surface area (Å²) in [6.45, 7) is 1.08. The standard InChI is InChI=1S/C27H30FN5O9S3/c1-16(25(44(6,36)37)18-14-13-17(28)15-22(18)43(5,34)35)45(38,39)32-27-31-30-26(19-9-7-12-23(29-19)42-4)33(27)24-20(40-2)10-8-11-21(24)41-3/h7-16,25H,1-6H3,(H,31,32)/t16-,25-/m0/s1. The number of hydrogen-bond donors (Lipinski definition) is 1. The Morgan fingerprint density at radius 3 is 2.02 bits per heavy atom. The maximum atomic E-state index is 14.1. The lowest BCUT2D eigenvalue weighted by molar-refractivity contribution is 0.391. The van der Waals surface area contributed by atoms with Gasteiger partial charge in [-0.3, -0.25) is 9.29 Å². The Hall–Kier alpha value is -4.29. The molecule has 1 N–H and O–H groups in total. The monoisotopic (exact) mass is 683 g/mol. The second-order valence-electron chi connectivity index (χ2n) is 9.82. The van der Waals surface area contributed by atoms with Gasteiger partial charge in [0.15, 0.2) is 25.5 Å². The number of benzene rings is 2. The van der Waals surface area contributed by atoms with Crippen molar-refractivity contribution in [2.24, 2.45) is 0 Å². The summed E-state index contributed by atoms with van der Waals surface area (Å²) in [5.74, 6) is -0.646. The summed E-state index contributed by atoms with van der Waals surface area (Å²) in [5.41, 5.74) is -0.0186. The Balaban J connectivity index is 1.94. The van der Waals surface area contributed by atoms with Gasteiger partial charge in [0.1, 0.15) is 33.9 Å². The van der Waals surface area contributed by atoms with Gasteiger partial charge in [-0.25, -0.2) is 34.6 Å². The van der Waals surface area contributed by atoms with E-state index in [1.165, 1.54) is 25.9 Å². The summed E-state index contributed by atoms with van der Waals surface area (Å²) in [7, 11) is -9.06. The van der Waals surface area contributed by atoms with Gasteiger partial charge in [-0.05, 0) is 42.8 Å². The molecule has 2 aromatic heterocycles. The van der Waals surface area contributed by atoms with Gasteiger partial charge in [0.25, 0.3) is 0 Å². The highest BCUT2D eigenvalue weighted by Gasteiger charge is 2.41. The van der Waals surface area contributed by atoms with E-state index in [0.717, 1.165) is 31.6 Å². The van der Waals surface area contributed by atoms with Crippen molar-refractivity contribution in [1.82, 2.24) is 19.7 Å². The van der Waals surface area contributed by atoms with E-state index in [9.17, 15) is 29.6 Å². The maximum Gasteiger partial charge on any atom is 0.243 e. The minimum Gasteiger partial charge on any atom is -0.494 e. The fourth-order valence-electron chi connectivity index (χ4n) is 4.71. The summed E-state index contributed by atoms with van der Waals surface area (Å²) >= 11 is 0. The van der Waals surface area contributed by atoms with Gasteiger partial charge in [-0.15, -0.1) is 10.2 Å². The molecule has 0 aliphatic carbocycles. The summed E-state index contributed by atoms with van der Waals surface area (Å²) in [5, 5.41) is 4.43. The average molecular weight is 684 g/mol. The fourth-order valence-corrected chi connectivity index (χ4v) is 9.19. The molecule has 14 nitrogen and oxygen atoms in total. The van der Waals surface area contributed by atoms with E-state index in [-0.39, 0.29) is 34.6 Å². The maximum absolute atomic E-state index is 14.1. The number of sulfone groups is 2. The lowest BCUT2D eigenvalue weighted by Gasteiger charge is -2.25. The molecule has 0 spiro atoms. The lowest BCUT2D eigenvalue weighted by atomic mass is 10.1. The average Bonchev–Trinajstić information content (AvgIpc) is 3.38. The molecule has 4 aromatic rings. The molecule has 0 radical (unpaired) electrons. The first-order chi connectivity index (χ1) is 21.0. The van der Waals surface area contributed by atoms with Crippen molar-refractivity contribution >= 4 is 35.6 Å². The number of aromatic nitrogens is 4. The van der Waals surface area contributed by atoms with E-state index in [1.54, 1.807) is 36.4 Å². The van der Waals surface area contributed by atoms with Crippen LogP contribution in [0.15, 0.2) is 59.5 Å². The molecule has 45 heavy (non-hydrogen) atoms. The normalized spacial score (nSPS) is 13.6. The van der Waals surface area contributed by atoms with Crippen molar-refractivity contribution in [3.63, 3.8) is 0 Å². The van der Waals surface area contributed by atoms with E-state index in [0.29, 0.717) is 6.07 Å². The number of nitrogens with zero attached hydrogens (tertiary/aromatic N) is 4. The molecule has 18 heteroatoms. The lowest BCUT2D eigenvalue weighted by Crippen LogP contribution is -2.36. The van der Waals surface area contributed by atoms with Crippen LogP contribution in [0.25, 0.3) is 17.2 Å². The molecule has 0 aliphatic rings. The number of nitrogens with one attached hydrogen (secondary N) is 1. The number of rotatable bonds is 12. The summed E-state index contributed by atoms with van der Waals surface area (Å²) in [4.78, 5) is 3.71. The number of pyridine rings is 1. The van der Waals surface area contributed by atoms with Crippen LogP contribution in [0, 0.1) is 5.82 Å². The van der Waals surface area contributed by atoms with Gasteiger partial charge in [-0.2, -0.15) is 0 Å². The van der Waals surface area contributed by atoms with Crippen LogP contribution in [0.3, 0.4) is 0 Å². The number of anilines is 1. The number of hydrogen-bond acceptors (Lipinski definition) is 12. The smallest absolute Gasteiger partial charge is 0.243 e. The van der Waals surface area contributed by atoms with Crippen LogP contribution < -0.4 is 18.9 Å². The fraction of sp³-hybridized carbons (Fsp3) is 0.296. The summed E-state index contributed by atoms with van der Waals surface area (Å²) < 4.78 is 113. The van der Waals surface area contributed by atoms with Gasteiger partial charge >= 0.3 is 0 Å². The second kappa shape index (κ2) is 12.6. The SMILES string of the molecule is COc1cccc(-c2nnc(NS(=O)(=O)[C@@H](C)[C@@H](c3ccc(F)cc3S(C)(=O)=O)S(C)(=O)=O)n2-c2c(OC)cccc2OC)n1. The largest absolute Gasteiger partial charge is 0.494 e. The molecule has 0 aliphatic heterocycles. The first kappa shape index (κ1) is 33.6. The highest BCUT2D eigenvalue weighted by atomic mass is 32.2. The predicted octanol–water partition coefficient (Wildman–Crippen LogP) is 2.81. The minimum absolute atomic E-state index is 0.0274. The van der Waals surface area contributed by atoms with Crippen LogP contribution in [-0.4, -0.2) is 84.1 Å². The molecule has 0 saturated heterocycles. The van der Waals surface area contributed by atoms with Gasteiger partial charge < -0.3 is 14.2 Å². The van der Waals surface area contributed by atoms with E-state index in [2.05, 4.69) is 19.9 Å². The van der Waals surface area contributed by atoms with Crippen molar-refractivity contribution in [1.29, 1.82) is 0 Å². The molecular formula is C27H30FN5O9S3. The Kier molecular flexibility index (Phi) is 9.41. The molecular weight excluding hydrogens is 654 g/mol. The predicted molar refractivity (Wildman–Crippen MR) is 163 cm³/mol. The van der Waals surface area contributed by atoms with E-state index >= 15 is 0 Å². The van der Waals surface area contributed by atoms with Crippen LogP contribution in [0.2, 0.25) is 0 Å². The van der Waals surface area contributed by atoms with Gasteiger partial charge in [0.2, 0.25) is 21.9 Å². The summed E-state index contributed by atoms with van der Waals surface area (Å²) in [6.07, 6.45) is 1.52. The number of para-hydroxylation sites is 1. The van der Waals surface area contributed by atoms with Crippen molar-refractivity contribution in [3.05, 3.63) is 66.0 Å². The first-order valence-corrected chi connectivity index (χ1v) is 18.3. The molecule has 4 rings (SSSR count). The third kappa shape index (κ3) is 6.86. The molecule has 2 aromatic carbocycles. The zero-order valence-electron chi connectivity index (χ0n) is 24.9. The van der Waals surface area contributed by atoms with Crippen molar-refractivity contribution in [2.75, 3.05) is 38.6 Å². The number of halogens is 1. The van der Waals surface area contributed by atoms with Gasteiger partial charge in [0, 0.05) is 18.6 Å². The van der Waals surface area contributed by atoms with Crippen LogP contribution in [0.5, 0.6) is 17.4 Å². The first-order valence-electron chi connectivity index (χ1n) is 12.9. The topological polar surface area (TPSA) is 186 Å². The van der Waals surface area contributed by atoms with Crippen molar-refractivity contribution < 1.29 is 43.9 Å². The van der Waals surface area contributed by atoms with E-state index < -0.39 is 62.4 Å². The van der Waals surface area contributed by atoms with Crippen molar-refractivity contribution in [3.8, 4) is 34.6 Å². The Labute approximate surface area is 260 Å². The Morgan fingerprint density at radius 1 is 0.844 bits per heavy atom. The highest BCUT2D eigenvalue weighted by Crippen LogP contribution is 2.39. The number of ether oxygens (including phenoxy) is 3. The quantitative estimate of drug-likeness (QED) is 0.231. The van der Waals surface area contributed by atoms with Gasteiger partial charge in [-0.1, -0.05) is 18.2 Å². The third-order valence-electron chi connectivity index (χ3n) is 6.74. The molecule has 0 saturated carbocycles. The zero-order valence-corrected chi connectivity index (χ0v) is 27.4. The Bertz CT molecular complexity index is 2050. The Morgan fingerprint density at radius 2 is 1.47 bits per heavy atom. The van der Waals surface area contributed by atoms with Crippen LogP contribution >= 0.6 is 0 Å². The molecule has 242 valence electrons. The molecule has 0 unspecified atom stereocenters. The summed E-state index contributed by atoms with van der Waals surface area (Å²) in [6, 6.07) is 12.0. The van der Waals surface area contributed by atoms with Crippen molar-refractivity contribution in [2.45, 2.75) is 22.3 Å².